The van der Waals surface area contributed by atoms with Crippen molar-refractivity contribution in [2.75, 3.05) is 26.2 Å². The van der Waals surface area contributed by atoms with E-state index in [0.29, 0.717) is 11.8 Å². The largest absolute Gasteiger partial charge is 0.341 e. The highest BCUT2D eigenvalue weighted by molar-refractivity contribution is 5.84. The molecule has 5 aliphatic rings. The maximum Gasteiger partial charge on any atom is 0.228 e. The van der Waals surface area contributed by atoms with Crippen LogP contribution in [0.15, 0.2) is 60.7 Å². The summed E-state index contributed by atoms with van der Waals surface area (Å²) < 4.78 is 0. The highest BCUT2D eigenvalue weighted by Gasteiger charge is 2.67. The van der Waals surface area contributed by atoms with Gasteiger partial charge < -0.3 is 4.90 Å². The van der Waals surface area contributed by atoms with Gasteiger partial charge in [-0.3, -0.25) is 9.69 Å². The summed E-state index contributed by atoms with van der Waals surface area (Å²) in [6.45, 7) is 4.90. The number of carbonyl (C=O) groups excluding carboxylic acids is 1. The minimum Gasteiger partial charge on any atom is -0.341 e. The molecule has 5 fully saturated rings. The summed E-state index contributed by atoms with van der Waals surface area (Å²) in [5, 5.41) is 0. The van der Waals surface area contributed by atoms with Gasteiger partial charge >= 0.3 is 0 Å². The Morgan fingerprint density at radius 3 is 2.45 bits per heavy atom. The molecule has 1 amide bonds. The molecule has 31 heavy (non-hydrogen) atoms. The van der Waals surface area contributed by atoms with Crippen molar-refractivity contribution in [3.05, 3.63) is 71.8 Å². The zero-order valence-electron chi connectivity index (χ0n) is 18.5. The number of benzene rings is 2. The molecule has 2 aromatic carbocycles. The first kappa shape index (κ1) is 19.5. The summed E-state index contributed by atoms with van der Waals surface area (Å²) in [6.07, 6.45) is 7.10. The van der Waals surface area contributed by atoms with Crippen LogP contribution in [0.5, 0.6) is 0 Å². The SMILES string of the molecule is O=C(N1CCCN(Cc2ccccc2)CC1)C12CC3CC(C1)C(c1ccccc1)(C3)C2. The van der Waals surface area contributed by atoms with Crippen molar-refractivity contribution in [2.24, 2.45) is 17.3 Å². The molecule has 4 atom stereocenters. The monoisotopic (exact) mass is 414 g/mol. The van der Waals surface area contributed by atoms with Crippen LogP contribution in [0.3, 0.4) is 0 Å². The fourth-order valence-corrected chi connectivity index (χ4v) is 7.88. The number of rotatable bonds is 4. The molecule has 4 bridgehead atoms. The molecular formula is C28H34N2O. The first-order valence-electron chi connectivity index (χ1n) is 12.3. The lowest BCUT2D eigenvalue weighted by Crippen LogP contribution is -2.48. The topological polar surface area (TPSA) is 23.6 Å². The van der Waals surface area contributed by atoms with E-state index >= 15 is 0 Å². The van der Waals surface area contributed by atoms with Crippen molar-refractivity contribution in [3.63, 3.8) is 0 Å². The van der Waals surface area contributed by atoms with Crippen LogP contribution in [0.1, 0.15) is 49.7 Å². The van der Waals surface area contributed by atoms with Crippen molar-refractivity contribution in [1.29, 1.82) is 0 Å². The number of carbonyl (C=O) groups is 1. The summed E-state index contributed by atoms with van der Waals surface area (Å²) in [5.41, 5.74) is 3.06. The van der Waals surface area contributed by atoms with Crippen LogP contribution in [0.25, 0.3) is 0 Å². The number of amides is 1. The Hall–Kier alpha value is -2.13. The lowest BCUT2D eigenvalue weighted by molar-refractivity contribution is -0.145. The van der Waals surface area contributed by atoms with Crippen LogP contribution in [0, 0.1) is 17.3 Å². The van der Waals surface area contributed by atoms with Gasteiger partial charge in [-0.1, -0.05) is 60.7 Å². The molecular weight excluding hydrogens is 380 g/mol. The van der Waals surface area contributed by atoms with E-state index in [1.807, 2.05) is 0 Å². The van der Waals surface area contributed by atoms with Crippen molar-refractivity contribution in [2.45, 2.75) is 50.5 Å². The van der Waals surface area contributed by atoms with Gasteiger partial charge in [-0.15, -0.1) is 0 Å². The van der Waals surface area contributed by atoms with Gasteiger partial charge in [0.05, 0.1) is 5.41 Å². The van der Waals surface area contributed by atoms with Gasteiger partial charge in [-0.2, -0.15) is 0 Å². The lowest BCUT2D eigenvalue weighted by atomic mass is 9.64. The van der Waals surface area contributed by atoms with E-state index in [-0.39, 0.29) is 10.8 Å². The Kier molecular flexibility index (Phi) is 4.72. The first-order chi connectivity index (χ1) is 15.2. The summed E-state index contributed by atoms with van der Waals surface area (Å²) in [5.74, 6) is 1.94. The van der Waals surface area contributed by atoms with Gasteiger partial charge in [-0.05, 0) is 66.9 Å². The van der Waals surface area contributed by atoms with Crippen LogP contribution in [-0.4, -0.2) is 41.9 Å². The molecule has 162 valence electrons. The Bertz CT molecular complexity index is 944. The second-order valence-electron chi connectivity index (χ2n) is 10.8. The predicted molar refractivity (Wildman–Crippen MR) is 124 cm³/mol. The quantitative estimate of drug-likeness (QED) is 0.713. The number of hydrogen-bond acceptors (Lipinski definition) is 2. The Morgan fingerprint density at radius 1 is 0.871 bits per heavy atom. The third kappa shape index (κ3) is 3.24. The molecule has 7 rings (SSSR count). The molecule has 0 aromatic heterocycles. The molecule has 1 heterocycles. The minimum absolute atomic E-state index is 0.0870. The van der Waals surface area contributed by atoms with E-state index in [1.165, 1.54) is 24.0 Å². The third-order valence-electron chi connectivity index (χ3n) is 8.95. The highest BCUT2D eigenvalue weighted by Crippen LogP contribution is 2.71. The summed E-state index contributed by atoms with van der Waals surface area (Å²) in [7, 11) is 0. The van der Waals surface area contributed by atoms with Gasteiger partial charge in [0, 0.05) is 32.7 Å². The van der Waals surface area contributed by atoms with E-state index in [0.717, 1.165) is 64.3 Å². The van der Waals surface area contributed by atoms with E-state index in [9.17, 15) is 4.79 Å². The van der Waals surface area contributed by atoms with Gasteiger partial charge in [0.15, 0.2) is 0 Å². The molecule has 0 radical (unpaired) electrons. The second-order valence-corrected chi connectivity index (χ2v) is 10.8. The number of nitrogens with zero attached hydrogens (tertiary/aromatic N) is 2. The van der Waals surface area contributed by atoms with Crippen LogP contribution in [0.4, 0.5) is 0 Å². The fraction of sp³-hybridized carbons (Fsp3) is 0.536. The molecule has 1 aliphatic heterocycles. The maximum atomic E-state index is 14.0. The Morgan fingerprint density at radius 2 is 1.65 bits per heavy atom. The average molecular weight is 415 g/mol. The Labute approximate surface area is 186 Å². The predicted octanol–water partition coefficient (Wildman–Crippen LogP) is 4.87. The third-order valence-corrected chi connectivity index (χ3v) is 8.95. The molecule has 0 spiro atoms. The van der Waals surface area contributed by atoms with Crippen molar-refractivity contribution < 1.29 is 4.79 Å². The summed E-state index contributed by atoms with van der Waals surface area (Å²) in [4.78, 5) is 18.8. The van der Waals surface area contributed by atoms with Crippen LogP contribution in [0.2, 0.25) is 0 Å². The summed E-state index contributed by atoms with van der Waals surface area (Å²) in [6, 6.07) is 21.9. The molecule has 2 aromatic rings. The van der Waals surface area contributed by atoms with Gasteiger partial charge in [0.25, 0.3) is 0 Å². The molecule has 0 N–H and O–H groups in total. The molecule has 4 unspecified atom stereocenters. The smallest absolute Gasteiger partial charge is 0.228 e. The first-order valence-corrected chi connectivity index (χ1v) is 12.3. The molecule has 1 saturated heterocycles. The average Bonchev–Trinajstić information content (AvgIpc) is 3.06. The van der Waals surface area contributed by atoms with E-state index < -0.39 is 0 Å². The molecule has 3 heteroatoms. The van der Waals surface area contributed by atoms with Crippen molar-refractivity contribution >= 4 is 5.91 Å². The normalized spacial score (nSPS) is 34.8. The van der Waals surface area contributed by atoms with Gasteiger partial charge in [0.1, 0.15) is 0 Å². The maximum absolute atomic E-state index is 14.0. The zero-order chi connectivity index (χ0) is 20.9. The van der Waals surface area contributed by atoms with E-state index in [4.69, 9.17) is 0 Å². The van der Waals surface area contributed by atoms with Crippen LogP contribution in [-0.2, 0) is 16.8 Å². The minimum atomic E-state index is -0.0870. The Balaban J connectivity index is 1.18. The number of hydrogen-bond donors (Lipinski definition) is 0. The van der Waals surface area contributed by atoms with Crippen LogP contribution >= 0.6 is 0 Å². The molecule has 4 saturated carbocycles. The van der Waals surface area contributed by atoms with E-state index in [1.54, 1.807) is 0 Å². The lowest BCUT2D eigenvalue weighted by Gasteiger charge is -2.42. The standard InChI is InChI=1S/C28H34N2O/c31-26(30-13-7-12-29(14-15-30)20-22-8-3-1-4-9-22)27-17-23-16-25(19-27)28(18-23,21-27)24-10-5-2-6-11-24/h1-6,8-11,23,25H,7,12-21H2. The molecule has 3 nitrogen and oxygen atoms in total. The zero-order valence-corrected chi connectivity index (χ0v) is 18.5. The van der Waals surface area contributed by atoms with Gasteiger partial charge in [0.2, 0.25) is 5.91 Å². The summed E-state index contributed by atoms with van der Waals surface area (Å²) >= 11 is 0. The fourth-order valence-electron chi connectivity index (χ4n) is 7.88. The molecule has 4 aliphatic carbocycles. The van der Waals surface area contributed by atoms with Gasteiger partial charge in [-0.25, -0.2) is 0 Å². The highest BCUT2D eigenvalue weighted by atomic mass is 16.2. The second kappa shape index (κ2) is 7.48. The van der Waals surface area contributed by atoms with E-state index in [2.05, 4.69) is 70.5 Å². The van der Waals surface area contributed by atoms with Crippen LogP contribution < -0.4 is 0 Å². The van der Waals surface area contributed by atoms with Crippen molar-refractivity contribution in [1.82, 2.24) is 9.80 Å². The van der Waals surface area contributed by atoms with Crippen molar-refractivity contribution in [3.8, 4) is 0 Å².